The van der Waals surface area contributed by atoms with E-state index in [9.17, 15) is 14.9 Å². The zero-order valence-corrected chi connectivity index (χ0v) is 10.7. The molecule has 1 aromatic heterocycles. The van der Waals surface area contributed by atoms with Crippen molar-refractivity contribution in [3.63, 3.8) is 0 Å². The van der Waals surface area contributed by atoms with Gasteiger partial charge in [-0.1, -0.05) is 6.92 Å². The van der Waals surface area contributed by atoms with Crippen LogP contribution in [0.4, 0.5) is 11.4 Å². The molecule has 20 heavy (non-hydrogen) atoms. The van der Waals surface area contributed by atoms with E-state index in [1.165, 1.54) is 18.5 Å². The number of pyridine rings is 1. The van der Waals surface area contributed by atoms with Crippen LogP contribution in [0.3, 0.4) is 0 Å². The van der Waals surface area contributed by atoms with Crippen LogP contribution in [0.15, 0.2) is 30.6 Å². The number of carboxylic acid groups (broad SMARTS) is 1. The summed E-state index contributed by atoms with van der Waals surface area (Å²) in [6.07, 6.45) is 2.97. The highest BCUT2D eigenvalue weighted by Gasteiger charge is 2.15. The number of anilines is 1. The van der Waals surface area contributed by atoms with Gasteiger partial charge >= 0.3 is 5.97 Å². The largest absolute Gasteiger partial charge is 0.481 e. The minimum atomic E-state index is -0.898. The third-order valence-electron chi connectivity index (χ3n) is 3.01. The number of hydrogen-bond donors (Lipinski definition) is 2. The van der Waals surface area contributed by atoms with E-state index in [1.807, 2.05) is 0 Å². The van der Waals surface area contributed by atoms with Crippen molar-refractivity contribution in [3.8, 4) is 0 Å². The van der Waals surface area contributed by atoms with Crippen LogP contribution in [0.1, 0.15) is 6.92 Å². The molecule has 0 bridgehead atoms. The molecule has 0 amide bonds. The molecule has 1 aromatic carbocycles. The molecule has 1 atom stereocenters. The summed E-state index contributed by atoms with van der Waals surface area (Å²) in [5.74, 6) is -1.45. The Morgan fingerprint density at radius 3 is 2.85 bits per heavy atom. The molecular weight excluding hydrogens is 262 g/mol. The van der Waals surface area contributed by atoms with Crippen molar-refractivity contribution >= 4 is 28.1 Å². The van der Waals surface area contributed by atoms with E-state index >= 15 is 0 Å². The number of nitrogens with one attached hydrogen (secondary N) is 1. The number of fused-ring (bicyclic) bond motifs is 1. The molecule has 104 valence electrons. The zero-order chi connectivity index (χ0) is 14.7. The van der Waals surface area contributed by atoms with Gasteiger partial charge < -0.3 is 10.4 Å². The third-order valence-corrected chi connectivity index (χ3v) is 3.01. The maximum atomic E-state index is 11.0. The third kappa shape index (κ3) is 2.66. The Morgan fingerprint density at radius 2 is 2.20 bits per heavy atom. The van der Waals surface area contributed by atoms with Crippen LogP contribution >= 0.6 is 0 Å². The van der Waals surface area contributed by atoms with E-state index in [2.05, 4.69) is 10.3 Å². The number of hydrogen-bond acceptors (Lipinski definition) is 5. The highest BCUT2D eigenvalue weighted by Crippen LogP contribution is 2.30. The quantitative estimate of drug-likeness (QED) is 0.640. The second-order valence-corrected chi connectivity index (χ2v) is 4.43. The first-order valence-electron chi connectivity index (χ1n) is 5.98. The SMILES string of the molecule is CC(CNc1ccc([N+](=O)[O-])c2cnccc12)C(=O)O. The number of aromatic nitrogens is 1. The second-order valence-electron chi connectivity index (χ2n) is 4.43. The average Bonchev–Trinajstić information content (AvgIpc) is 2.43. The monoisotopic (exact) mass is 275 g/mol. The maximum Gasteiger partial charge on any atom is 0.308 e. The number of non-ortho nitro benzene ring substituents is 1. The van der Waals surface area contributed by atoms with Gasteiger partial charge in [-0.3, -0.25) is 19.9 Å². The summed E-state index contributed by atoms with van der Waals surface area (Å²) in [5.41, 5.74) is 0.631. The van der Waals surface area contributed by atoms with E-state index in [4.69, 9.17) is 5.11 Å². The van der Waals surface area contributed by atoms with E-state index in [-0.39, 0.29) is 12.2 Å². The number of carboxylic acids is 1. The zero-order valence-electron chi connectivity index (χ0n) is 10.7. The van der Waals surface area contributed by atoms with Gasteiger partial charge in [0, 0.05) is 36.1 Å². The average molecular weight is 275 g/mol. The topological polar surface area (TPSA) is 105 Å². The van der Waals surface area contributed by atoms with Gasteiger partial charge in [0.1, 0.15) is 0 Å². The molecule has 2 N–H and O–H groups in total. The first-order valence-corrected chi connectivity index (χ1v) is 5.98. The number of rotatable bonds is 5. The van der Waals surface area contributed by atoms with Crippen molar-refractivity contribution in [1.82, 2.24) is 4.98 Å². The molecule has 0 radical (unpaired) electrons. The number of nitrogens with zero attached hydrogens (tertiary/aromatic N) is 2. The van der Waals surface area contributed by atoms with Crippen molar-refractivity contribution in [2.75, 3.05) is 11.9 Å². The van der Waals surface area contributed by atoms with E-state index in [0.29, 0.717) is 16.5 Å². The summed E-state index contributed by atoms with van der Waals surface area (Å²) in [5, 5.41) is 23.9. The maximum absolute atomic E-state index is 11.0. The van der Waals surface area contributed by atoms with Crippen molar-refractivity contribution in [2.24, 2.45) is 5.92 Å². The van der Waals surface area contributed by atoms with E-state index in [1.54, 1.807) is 19.1 Å². The lowest BCUT2D eigenvalue weighted by atomic mass is 10.1. The number of nitro groups is 1. The summed E-state index contributed by atoms with van der Waals surface area (Å²) in [6.45, 7) is 1.83. The standard InChI is InChI=1S/C13H13N3O4/c1-8(13(17)18)6-15-11-2-3-12(16(19)20)10-7-14-5-4-9(10)11/h2-5,7-8,15H,6H2,1H3,(H,17,18). The molecule has 1 unspecified atom stereocenters. The number of aliphatic carboxylic acids is 1. The molecule has 7 nitrogen and oxygen atoms in total. The molecule has 0 spiro atoms. The lowest BCUT2D eigenvalue weighted by Crippen LogP contribution is -2.19. The first kappa shape index (κ1) is 13.7. The van der Waals surface area contributed by atoms with Crippen molar-refractivity contribution in [2.45, 2.75) is 6.92 Å². The molecule has 0 aliphatic heterocycles. The lowest BCUT2D eigenvalue weighted by molar-refractivity contribution is -0.383. The van der Waals surface area contributed by atoms with Crippen LogP contribution in [0, 0.1) is 16.0 Å². The molecule has 0 saturated carbocycles. The number of nitro benzene ring substituents is 1. The van der Waals surface area contributed by atoms with Gasteiger partial charge in [0.15, 0.2) is 0 Å². The predicted octanol–water partition coefficient (Wildman–Crippen LogP) is 2.28. The van der Waals surface area contributed by atoms with Crippen LogP contribution in [-0.4, -0.2) is 27.5 Å². The van der Waals surface area contributed by atoms with Gasteiger partial charge in [-0.15, -0.1) is 0 Å². The Kier molecular flexibility index (Phi) is 3.79. The molecule has 0 aliphatic carbocycles. The lowest BCUT2D eigenvalue weighted by Gasteiger charge is -2.12. The van der Waals surface area contributed by atoms with E-state index < -0.39 is 16.8 Å². The normalized spacial score (nSPS) is 12.1. The van der Waals surface area contributed by atoms with E-state index in [0.717, 1.165) is 0 Å². The molecule has 2 rings (SSSR count). The fourth-order valence-electron chi connectivity index (χ4n) is 1.84. The van der Waals surface area contributed by atoms with Gasteiger partial charge in [0.2, 0.25) is 0 Å². The first-order chi connectivity index (χ1) is 9.50. The highest BCUT2D eigenvalue weighted by molar-refractivity contribution is 5.99. The minimum Gasteiger partial charge on any atom is -0.481 e. The van der Waals surface area contributed by atoms with Gasteiger partial charge in [-0.25, -0.2) is 0 Å². The Bertz CT molecular complexity index is 672. The van der Waals surface area contributed by atoms with Crippen LogP contribution in [0.5, 0.6) is 0 Å². The molecule has 7 heteroatoms. The Balaban J connectivity index is 2.38. The van der Waals surface area contributed by atoms with Gasteiger partial charge in [0.05, 0.1) is 16.2 Å². The van der Waals surface area contributed by atoms with Crippen molar-refractivity contribution in [3.05, 3.63) is 40.7 Å². The molecule has 0 aliphatic rings. The van der Waals surface area contributed by atoms with Crippen LogP contribution < -0.4 is 5.32 Å². The summed E-state index contributed by atoms with van der Waals surface area (Å²) in [7, 11) is 0. The van der Waals surface area contributed by atoms with Crippen LogP contribution in [0.25, 0.3) is 10.8 Å². The minimum absolute atomic E-state index is 0.0232. The van der Waals surface area contributed by atoms with Crippen molar-refractivity contribution < 1.29 is 14.8 Å². The summed E-state index contributed by atoms with van der Waals surface area (Å²) >= 11 is 0. The highest BCUT2D eigenvalue weighted by atomic mass is 16.6. The summed E-state index contributed by atoms with van der Waals surface area (Å²) in [4.78, 5) is 25.2. The Morgan fingerprint density at radius 1 is 1.45 bits per heavy atom. The molecule has 2 aromatic rings. The fourth-order valence-corrected chi connectivity index (χ4v) is 1.84. The molecular formula is C13H13N3O4. The smallest absolute Gasteiger partial charge is 0.308 e. The number of carbonyl (C=O) groups is 1. The molecule has 0 saturated heterocycles. The number of benzene rings is 1. The Labute approximate surface area is 114 Å². The Hall–Kier alpha value is -2.70. The predicted molar refractivity (Wildman–Crippen MR) is 73.7 cm³/mol. The van der Waals surface area contributed by atoms with Gasteiger partial charge in [0.25, 0.3) is 5.69 Å². The summed E-state index contributed by atoms with van der Waals surface area (Å²) in [6, 6.07) is 4.63. The van der Waals surface area contributed by atoms with Gasteiger partial charge in [-0.2, -0.15) is 0 Å². The van der Waals surface area contributed by atoms with Gasteiger partial charge in [-0.05, 0) is 12.1 Å². The van der Waals surface area contributed by atoms with Crippen LogP contribution in [-0.2, 0) is 4.79 Å². The second kappa shape index (κ2) is 5.52. The molecule has 1 heterocycles. The molecule has 0 fully saturated rings. The fraction of sp³-hybridized carbons (Fsp3) is 0.231. The summed E-state index contributed by atoms with van der Waals surface area (Å²) < 4.78 is 0. The van der Waals surface area contributed by atoms with Crippen LogP contribution in [0.2, 0.25) is 0 Å². The van der Waals surface area contributed by atoms with Crippen molar-refractivity contribution in [1.29, 1.82) is 0 Å².